The van der Waals surface area contributed by atoms with Gasteiger partial charge in [0.1, 0.15) is 12.4 Å². The van der Waals surface area contributed by atoms with E-state index in [1.165, 1.54) is 12.0 Å². The Hall–Kier alpha value is -3.31. The van der Waals surface area contributed by atoms with Gasteiger partial charge in [0.15, 0.2) is 11.5 Å². The van der Waals surface area contributed by atoms with Crippen LogP contribution >= 0.6 is 34.4 Å². The van der Waals surface area contributed by atoms with Crippen LogP contribution in [0.15, 0.2) is 71.6 Å². The fourth-order valence-corrected chi connectivity index (χ4v) is 4.92. The fourth-order valence-electron chi connectivity index (χ4n) is 3.44. The highest BCUT2D eigenvalue weighted by atomic mass is 127. The summed E-state index contributed by atoms with van der Waals surface area (Å²) in [5, 5.41) is -0.353. The number of thioether (sulfide) groups is 1. The molecule has 1 saturated heterocycles. The van der Waals surface area contributed by atoms with E-state index < -0.39 is 5.97 Å². The van der Waals surface area contributed by atoms with Gasteiger partial charge >= 0.3 is 5.97 Å². The van der Waals surface area contributed by atoms with E-state index in [0.717, 1.165) is 20.9 Å². The molecule has 0 N–H and O–H groups in total. The van der Waals surface area contributed by atoms with Gasteiger partial charge in [-0.2, -0.15) is 0 Å². The van der Waals surface area contributed by atoms with Gasteiger partial charge in [0.25, 0.3) is 11.1 Å². The Morgan fingerprint density at radius 2 is 1.83 bits per heavy atom. The summed E-state index contributed by atoms with van der Waals surface area (Å²) in [5.74, 6) is 0.382. The van der Waals surface area contributed by atoms with Crippen LogP contribution in [0, 0.1) is 10.5 Å². The summed E-state index contributed by atoms with van der Waals surface area (Å²) in [6.45, 7) is 2.30. The summed E-state index contributed by atoms with van der Waals surface area (Å²) in [6, 6.07) is 19.6. The molecule has 4 rings (SSSR count). The van der Waals surface area contributed by atoms with Crippen LogP contribution in [0.2, 0.25) is 0 Å². The monoisotopic (exact) mass is 615 g/mol. The van der Waals surface area contributed by atoms with Crippen LogP contribution in [0.3, 0.4) is 0 Å². The number of nitrogens with zero attached hydrogens (tertiary/aromatic N) is 1. The van der Waals surface area contributed by atoms with Crippen molar-refractivity contribution < 1.29 is 28.6 Å². The zero-order chi connectivity index (χ0) is 25.7. The van der Waals surface area contributed by atoms with Crippen LogP contribution in [0.5, 0.6) is 17.2 Å². The van der Waals surface area contributed by atoms with Gasteiger partial charge in [0, 0.05) is 3.57 Å². The van der Waals surface area contributed by atoms with Crippen molar-refractivity contribution in [3.05, 3.63) is 91.9 Å². The number of amides is 2. The predicted molar refractivity (Wildman–Crippen MR) is 146 cm³/mol. The van der Waals surface area contributed by atoms with Gasteiger partial charge in [-0.3, -0.25) is 14.5 Å². The standard InChI is InChI=1S/C27H22INO6S/c1-17-6-5-7-19(14-17)34-13-12-29-25(30)24(36-27(29)32)16-18-10-11-22(23(15-18)33-2)35-26(31)20-8-3-4-9-21(20)28/h3-11,14-16H,12-13H2,1-2H3/b24-16-. The second kappa shape index (κ2) is 11.6. The van der Waals surface area contributed by atoms with Gasteiger partial charge in [-0.25, -0.2) is 4.79 Å². The molecule has 184 valence electrons. The number of halogens is 1. The van der Waals surface area contributed by atoms with Crippen LogP contribution in [-0.2, 0) is 4.79 Å². The summed E-state index contributed by atoms with van der Waals surface area (Å²) >= 11 is 2.94. The molecule has 2 amide bonds. The molecule has 1 aliphatic rings. The minimum Gasteiger partial charge on any atom is -0.493 e. The van der Waals surface area contributed by atoms with E-state index in [1.807, 2.05) is 43.3 Å². The molecule has 1 aliphatic heterocycles. The molecule has 7 nitrogen and oxygen atoms in total. The number of rotatable bonds is 8. The summed E-state index contributed by atoms with van der Waals surface area (Å²) in [4.78, 5) is 39.3. The lowest BCUT2D eigenvalue weighted by Crippen LogP contribution is -2.32. The molecule has 0 spiro atoms. The van der Waals surface area contributed by atoms with Crippen LogP contribution in [-0.4, -0.2) is 42.3 Å². The van der Waals surface area contributed by atoms with Crippen molar-refractivity contribution in [3.63, 3.8) is 0 Å². The summed E-state index contributed by atoms with van der Waals surface area (Å²) in [6.07, 6.45) is 1.61. The van der Waals surface area contributed by atoms with Crippen molar-refractivity contribution in [3.8, 4) is 17.2 Å². The molecule has 0 bridgehead atoms. The molecule has 1 fully saturated rings. The van der Waals surface area contributed by atoms with E-state index in [2.05, 4.69) is 22.6 Å². The molecule has 0 aliphatic carbocycles. The number of esters is 1. The third-order valence-corrected chi connectivity index (χ3v) is 7.08. The SMILES string of the molecule is COc1cc(/C=C2\SC(=O)N(CCOc3cccc(C)c3)C2=O)ccc1OC(=O)c1ccccc1I. The zero-order valence-corrected chi connectivity index (χ0v) is 22.5. The number of benzene rings is 3. The first kappa shape index (κ1) is 25.8. The lowest BCUT2D eigenvalue weighted by Gasteiger charge is -2.13. The molecule has 0 unspecified atom stereocenters. The van der Waals surface area contributed by atoms with Crippen LogP contribution in [0.1, 0.15) is 21.5 Å². The Kier molecular flexibility index (Phi) is 8.32. The minimum atomic E-state index is -0.500. The summed E-state index contributed by atoms with van der Waals surface area (Å²) < 4.78 is 17.4. The lowest BCUT2D eigenvalue weighted by atomic mass is 10.1. The smallest absolute Gasteiger partial charge is 0.344 e. The molecule has 0 atom stereocenters. The minimum absolute atomic E-state index is 0.145. The first-order chi connectivity index (χ1) is 17.4. The number of ether oxygens (including phenoxy) is 3. The molecule has 3 aromatic rings. The van der Waals surface area contributed by atoms with Gasteiger partial charge in [-0.1, -0.05) is 30.3 Å². The van der Waals surface area contributed by atoms with E-state index >= 15 is 0 Å². The highest BCUT2D eigenvalue weighted by molar-refractivity contribution is 14.1. The molecule has 9 heteroatoms. The normalized spacial score (nSPS) is 14.3. The molecule has 3 aromatic carbocycles. The van der Waals surface area contributed by atoms with Crippen LogP contribution in [0.4, 0.5) is 4.79 Å². The Morgan fingerprint density at radius 3 is 2.58 bits per heavy atom. The molecule has 36 heavy (non-hydrogen) atoms. The average Bonchev–Trinajstić information content (AvgIpc) is 3.12. The quantitative estimate of drug-likeness (QED) is 0.134. The topological polar surface area (TPSA) is 82.1 Å². The lowest BCUT2D eigenvalue weighted by molar-refractivity contribution is -0.123. The van der Waals surface area contributed by atoms with Crippen LogP contribution in [0.25, 0.3) is 6.08 Å². The predicted octanol–water partition coefficient (Wildman–Crippen LogP) is 5.94. The maximum Gasteiger partial charge on any atom is 0.344 e. The molecule has 0 radical (unpaired) electrons. The number of hydrogen-bond donors (Lipinski definition) is 0. The van der Waals surface area contributed by atoms with Crippen molar-refractivity contribution in [2.75, 3.05) is 20.3 Å². The number of imide groups is 1. The largest absolute Gasteiger partial charge is 0.493 e. The Morgan fingerprint density at radius 1 is 1.03 bits per heavy atom. The van der Waals surface area contributed by atoms with Gasteiger partial charge < -0.3 is 14.2 Å². The van der Waals surface area contributed by atoms with Crippen molar-refractivity contribution in [2.45, 2.75) is 6.92 Å². The van der Waals surface area contributed by atoms with E-state index in [1.54, 1.807) is 36.4 Å². The van der Waals surface area contributed by atoms with Gasteiger partial charge in [-0.15, -0.1) is 0 Å². The van der Waals surface area contributed by atoms with Crippen molar-refractivity contribution >= 4 is 57.5 Å². The third-order valence-electron chi connectivity index (χ3n) is 5.23. The first-order valence-electron chi connectivity index (χ1n) is 11.0. The first-order valence-corrected chi connectivity index (χ1v) is 12.8. The molecular formula is C27H22INO6S. The highest BCUT2D eigenvalue weighted by Gasteiger charge is 2.34. The number of carbonyl (C=O) groups excluding carboxylic acids is 3. The second-order valence-electron chi connectivity index (χ2n) is 7.78. The number of aryl methyl sites for hydroxylation is 1. The Labute approximate surface area is 226 Å². The number of hydrogen-bond acceptors (Lipinski definition) is 7. The Bertz CT molecular complexity index is 1360. The fraction of sp³-hybridized carbons (Fsp3) is 0.148. The van der Waals surface area contributed by atoms with Gasteiger partial charge in [0.05, 0.1) is 24.1 Å². The van der Waals surface area contributed by atoms with E-state index in [-0.39, 0.29) is 30.0 Å². The number of methoxy groups -OCH3 is 1. The third kappa shape index (κ3) is 6.08. The van der Waals surface area contributed by atoms with Crippen molar-refractivity contribution in [1.29, 1.82) is 0 Å². The van der Waals surface area contributed by atoms with E-state index in [9.17, 15) is 14.4 Å². The molecule has 0 aromatic heterocycles. The van der Waals surface area contributed by atoms with E-state index in [4.69, 9.17) is 14.2 Å². The maximum absolute atomic E-state index is 12.8. The summed E-state index contributed by atoms with van der Waals surface area (Å²) in [5.41, 5.74) is 2.14. The summed E-state index contributed by atoms with van der Waals surface area (Å²) in [7, 11) is 1.46. The molecule has 0 saturated carbocycles. The Balaban J connectivity index is 1.43. The molecular weight excluding hydrogens is 593 g/mol. The van der Waals surface area contributed by atoms with E-state index in [0.29, 0.717) is 27.5 Å². The van der Waals surface area contributed by atoms with Crippen LogP contribution < -0.4 is 14.2 Å². The van der Waals surface area contributed by atoms with Gasteiger partial charge in [-0.05, 0) is 94.9 Å². The average molecular weight is 615 g/mol. The molecule has 1 heterocycles. The zero-order valence-electron chi connectivity index (χ0n) is 19.5. The highest BCUT2D eigenvalue weighted by Crippen LogP contribution is 2.35. The van der Waals surface area contributed by atoms with Crippen molar-refractivity contribution in [1.82, 2.24) is 4.90 Å². The van der Waals surface area contributed by atoms with Gasteiger partial charge in [0.2, 0.25) is 0 Å². The maximum atomic E-state index is 12.8. The second-order valence-corrected chi connectivity index (χ2v) is 9.93. The number of carbonyl (C=O) groups is 3. The van der Waals surface area contributed by atoms with Crippen molar-refractivity contribution in [2.24, 2.45) is 0 Å².